The second kappa shape index (κ2) is 3.89. The smallest absolute Gasteiger partial charge is 0.264 e. The molecule has 2 rings (SSSR count). The number of benzene rings is 1. The third-order valence-electron chi connectivity index (χ3n) is 2.54. The standard InChI is InChI=1S/C13H16NO/c1-10(2)9-11-5-3-7-13-12(11)6-4-8-14(13)15/h3-8,10,15H,9H2,1-2H3/q+1. The van der Waals surface area contributed by atoms with Gasteiger partial charge in [0.05, 0.1) is 5.39 Å². The van der Waals surface area contributed by atoms with E-state index in [0.717, 1.165) is 17.3 Å². The van der Waals surface area contributed by atoms with Crippen LogP contribution in [0, 0.1) is 5.92 Å². The summed E-state index contributed by atoms with van der Waals surface area (Å²) in [7, 11) is 0. The highest BCUT2D eigenvalue weighted by molar-refractivity contribution is 5.79. The first kappa shape index (κ1) is 9.97. The molecule has 0 atom stereocenters. The summed E-state index contributed by atoms with van der Waals surface area (Å²) < 4.78 is 1.18. The average molecular weight is 202 g/mol. The van der Waals surface area contributed by atoms with Crippen LogP contribution in [0.4, 0.5) is 0 Å². The number of fused-ring (bicyclic) bond motifs is 1. The van der Waals surface area contributed by atoms with Crippen LogP contribution in [0.2, 0.25) is 0 Å². The minimum absolute atomic E-state index is 0.628. The van der Waals surface area contributed by atoms with Crippen molar-refractivity contribution in [1.29, 1.82) is 0 Å². The van der Waals surface area contributed by atoms with E-state index in [0.29, 0.717) is 5.92 Å². The van der Waals surface area contributed by atoms with Crippen molar-refractivity contribution in [1.82, 2.24) is 0 Å². The normalized spacial score (nSPS) is 11.1. The Kier molecular flexibility index (Phi) is 2.58. The van der Waals surface area contributed by atoms with E-state index >= 15 is 0 Å². The van der Waals surface area contributed by atoms with Gasteiger partial charge < -0.3 is 0 Å². The van der Waals surface area contributed by atoms with Gasteiger partial charge >= 0.3 is 0 Å². The van der Waals surface area contributed by atoms with Crippen LogP contribution in [0.5, 0.6) is 0 Å². The Morgan fingerprint density at radius 1 is 1.20 bits per heavy atom. The Labute approximate surface area is 89.8 Å². The van der Waals surface area contributed by atoms with Gasteiger partial charge in [0, 0.05) is 16.9 Å². The maximum atomic E-state index is 9.65. The average Bonchev–Trinajstić information content (AvgIpc) is 2.19. The molecule has 15 heavy (non-hydrogen) atoms. The fourth-order valence-electron chi connectivity index (χ4n) is 1.91. The zero-order chi connectivity index (χ0) is 10.8. The summed E-state index contributed by atoms with van der Waals surface area (Å²) in [6, 6.07) is 9.97. The molecule has 0 amide bonds. The van der Waals surface area contributed by atoms with Crippen LogP contribution in [-0.4, -0.2) is 5.21 Å². The number of aromatic nitrogens is 1. The van der Waals surface area contributed by atoms with E-state index in [1.54, 1.807) is 6.20 Å². The number of nitrogens with zero attached hydrogens (tertiary/aromatic N) is 1. The second-order valence-corrected chi connectivity index (χ2v) is 4.30. The molecule has 0 saturated carbocycles. The number of hydrogen-bond donors (Lipinski definition) is 1. The van der Waals surface area contributed by atoms with E-state index in [1.165, 1.54) is 10.3 Å². The summed E-state index contributed by atoms with van der Waals surface area (Å²) in [5.41, 5.74) is 2.17. The highest BCUT2D eigenvalue weighted by Crippen LogP contribution is 2.18. The Balaban J connectivity index is 2.61. The molecule has 0 unspecified atom stereocenters. The summed E-state index contributed by atoms with van der Waals surface area (Å²) in [5.74, 6) is 0.628. The van der Waals surface area contributed by atoms with E-state index in [1.807, 2.05) is 18.2 Å². The topological polar surface area (TPSA) is 24.1 Å². The van der Waals surface area contributed by atoms with E-state index in [-0.39, 0.29) is 0 Å². The molecular formula is C13H16NO+. The Morgan fingerprint density at radius 3 is 2.73 bits per heavy atom. The van der Waals surface area contributed by atoms with Crippen LogP contribution in [0.3, 0.4) is 0 Å². The molecule has 2 nitrogen and oxygen atoms in total. The molecule has 1 aromatic heterocycles. The molecule has 1 N–H and O–H groups in total. The van der Waals surface area contributed by atoms with Crippen molar-refractivity contribution in [3.05, 3.63) is 42.1 Å². The van der Waals surface area contributed by atoms with Gasteiger partial charge in [-0.15, -0.1) is 0 Å². The molecule has 2 aromatic rings. The largest absolute Gasteiger partial charge is 0.285 e. The first-order valence-corrected chi connectivity index (χ1v) is 5.30. The van der Waals surface area contributed by atoms with Crippen molar-refractivity contribution in [2.24, 2.45) is 5.92 Å². The quantitative estimate of drug-likeness (QED) is 0.587. The molecule has 0 fully saturated rings. The van der Waals surface area contributed by atoms with Crippen LogP contribution in [0.1, 0.15) is 19.4 Å². The van der Waals surface area contributed by atoms with E-state index in [2.05, 4.69) is 26.0 Å². The molecule has 0 radical (unpaired) electrons. The van der Waals surface area contributed by atoms with Crippen LogP contribution in [-0.2, 0) is 6.42 Å². The molecule has 2 heteroatoms. The van der Waals surface area contributed by atoms with Gasteiger partial charge in [-0.05, 0) is 24.0 Å². The van der Waals surface area contributed by atoms with E-state index < -0.39 is 0 Å². The van der Waals surface area contributed by atoms with Gasteiger partial charge in [-0.2, -0.15) is 0 Å². The minimum atomic E-state index is 0.628. The molecule has 0 saturated heterocycles. The Hall–Kier alpha value is -1.57. The highest BCUT2D eigenvalue weighted by atomic mass is 16.5. The molecule has 0 aliphatic heterocycles. The molecule has 78 valence electrons. The van der Waals surface area contributed by atoms with Crippen LogP contribution in [0.25, 0.3) is 10.9 Å². The molecule has 1 aromatic carbocycles. The highest BCUT2D eigenvalue weighted by Gasteiger charge is 2.10. The third kappa shape index (κ3) is 1.94. The maximum Gasteiger partial charge on any atom is 0.264 e. The van der Waals surface area contributed by atoms with Crippen LogP contribution >= 0.6 is 0 Å². The molecule has 0 bridgehead atoms. The third-order valence-corrected chi connectivity index (χ3v) is 2.54. The lowest BCUT2D eigenvalue weighted by atomic mass is 9.99. The van der Waals surface area contributed by atoms with Gasteiger partial charge in [-0.25, -0.2) is 0 Å². The SMILES string of the molecule is CC(C)Cc1cccc2c1ccc[n+]2O. The number of hydrogen-bond acceptors (Lipinski definition) is 1. The van der Waals surface area contributed by atoms with Gasteiger partial charge in [-0.1, -0.05) is 26.0 Å². The van der Waals surface area contributed by atoms with Gasteiger partial charge in [0.25, 0.3) is 5.52 Å². The van der Waals surface area contributed by atoms with Gasteiger partial charge in [0.1, 0.15) is 0 Å². The first-order chi connectivity index (χ1) is 7.18. The van der Waals surface area contributed by atoms with Crippen molar-refractivity contribution in [3.8, 4) is 0 Å². The van der Waals surface area contributed by atoms with Crippen LogP contribution in [0.15, 0.2) is 36.5 Å². The van der Waals surface area contributed by atoms with Crippen molar-refractivity contribution < 1.29 is 9.94 Å². The molecular weight excluding hydrogens is 186 g/mol. The van der Waals surface area contributed by atoms with E-state index in [4.69, 9.17) is 0 Å². The predicted octanol–water partition coefficient (Wildman–Crippen LogP) is 2.56. The molecule has 0 spiro atoms. The van der Waals surface area contributed by atoms with Crippen molar-refractivity contribution in [3.63, 3.8) is 0 Å². The number of rotatable bonds is 2. The summed E-state index contributed by atoms with van der Waals surface area (Å²) in [4.78, 5) is 0. The summed E-state index contributed by atoms with van der Waals surface area (Å²) in [5, 5.41) is 10.8. The van der Waals surface area contributed by atoms with E-state index in [9.17, 15) is 5.21 Å². The summed E-state index contributed by atoms with van der Waals surface area (Å²) >= 11 is 0. The minimum Gasteiger partial charge on any atom is -0.285 e. The van der Waals surface area contributed by atoms with Crippen molar-refractivity contribution >= 4 is 10.9 Å². The molecule has 0 aliphatic carbocycles. The maximum absolute atomic E-state index is 9.65. The lowest BCUT2D eigenvalue weighted by molar-refractivity contribution is -0.884. The fraction of sp³-hybridized carbons (Fsp3) is 0.308. The molecule has 0 aliphatic rings. The molecule has 1 heterocycles. The first-order valence-electron chi connectivity index (χ1n) is 5.30. The lowest BCUT2D eigenvalue weighted by Gasteiger charge is -2.06. The predicted molar refractivity (Wildman–Crippen MR) is 59.9 cm³/mol. The van der Waals surface area contributed by atoms with Crippen LogP contribution < -0.4 is 4.73 Å². The number of pyridine rings is 1. The fourth-order valence-corrected chi connectivity index (χ4v) is 1.91. The van der Waals surface area contributed by atoms with Crippen molar-refractivity contribution in [2.45, 2.75) is 20.3 Å². The van der Waals surface area contributed by atoms with Crippen molar-refractivity contribution in [2.75, 3.05) is 0 Å². The lowest BCUT2D eigenvalue weighted by Crippen LogP contribution is -2.29. The Bertz CT molecular complexity index is 477. The zero-order valence-corrected chi connectivity index (χ0v) is 9.14. The Morgan fingerprint density at radius 2 is 2.00 bits per heavy atom. The van der Waals surface area contributed by atoms with Gasteiger partial charge in [0.2, 0.25) is 6.20 Å². The zero-order valence-electron chi connectivity index (χ0n) is 9.14. The summed E-state index contributed by atoms with van der Waals surface area (Å²) in [6.07, 6.45) is 2.70. The monoisotopic (exact) mass is 202 g/mol. The summed E-state index contributed by atoms with van der Waals surface area (Å²) in [6.45, 7) is 4.41. The van der Waals surface area contributed by atoms with Gasteiger partial charge in [0.15, 0.2) is 0 Å². The second-order valence-electron chi connectivity index (χ2n) is 4.30. The van der Waals surface area contributed by atoms with Gasteiger partial charge in [-0.3, -0.25) is 5.21 Å².